The van der Waals surface area contributed by atoms with Crippen LogP contribution in [0.25, 0.3) is 34.4 Å². The van der Waals surface area contributed by atoms with Crippen LogP contribution in [0.5, 0.6) is 11.5 Å². The molecule has 2 aliphatic heterocycles. The fraction of sp³-hybridized carbons (Fsp3) is 0.267. The van der Waals surface area contributed by atoms with Crippen molar-refractivity contribution in [3.05, 3.63) is 178 Å². The fourth-order valence-corrected chi connectivity index (χ4v) is 12.0. The maximum atomic E-state index is 15.9. The maximum Gasteiger partial charge on any atom is 0.418 e. The van der Waals surface area contributed by atoms with Crippen molar-refractivity contribution < 1.29 is 91.5 Å². The number of carboxylic acids is 2. The van der Waals surface area contributed by atoms with Gasteiger partial charge < -0.3 is 29.5 Å². The van der Waals surface area contributed by atoms with Gasteiger partial charge in [0.2, 0.25) is 11.8 Å². The van der Waals surface area contributed by atoms with Gasteiger partial charge in [-0.15, -0.1) is 0 Å². The molecule has 2 aliphatic rings. The van der Waals surface area contributed by atoms with E-state index < -0.39 is 150 Å². The Bertz CT molecular complexity index is 3250. The molecule has 2 N–H and O–H groups in total. The number of piperidine rings is 2. The Kier molecular flexibility index (Phi) is 17.8. The minimum atomic E-state index is -6.18. The Balaban J connectivity index is 1.35. The van der Waals surface area contributed by atoms with Crippen LogP contribution < -0.4 is 9.47 Å². The smallest absolute Gasteiger partial charge is 0.418 e. The van der Waals surface area contributed by atoms with Gasteiger partial charge in [0.1, 0.15) is 23.6 Å². The number of benzene rings is 6. The standard InChI is InChI=1S/C60H48F12N2O8S/c1-81-45-19-11-9-17-37(45)41-31-47(53(59(67,68)69)51(57(61,62)63)39(41)21-23-49(75)73-27-25-35(29-43(73)55(77)78)33-13-5-3-6-14-33)83-48-32-42(38-18-10-12-20-46(38)82-2)40(52(58(64,65)66)54(48)60(70,71)72)22-24-50(76)74-28-26-36(30-44(74)56(79)80)34-15-7-4-8-16-34/h3-24,31-32,35-36,43-44H,25-30H2,1-2H3,(H,77,78)(H,79,80)/b23-21+,24-22+. The molecule has 0 aromatic heterocycles. The van der Waals surface area contributed by atoms with Crippen molar-refractivity contribution in [1.29, 1.82) is 0 Å². The lowest BCUT2D eigenvalue weighted by Crippen LogP contribution is -2.49. The topological polar surface area (TPSA) is 134 Å². The van der Waals surface area contributed by atoms with Crippen LogP contribution in [-0.2, 0) is 43.9 Å². The second-order valence-corrected chi connectivity index (χ2v) is 20.5. The van der Waals surface area contributed by atoms with Gasteiger partial charge in [-0.25, -0.2) is 9.59 Å². The molecule has 0 bridgehead atoms. The highest BCUT2D eigenvalue weighted by molar-refractivity contribution is 7.99. The van der Waals surface area contributed by atoms with Gasteiger partial charge in [0, 0.05) is 46.2 Å². The van der Waals surface area contributed by atoms with E-state index in [9.17, 15) is 29.4 Å². The van der Waals surface area contributed by atoms with Crippen molar-refractivity contribution in [3.8, 4) is 33.8 Å². The Morgan fingerprint density at radius 3 is 1.12 bits per heavy atom. The van der Waals surface area contributed by atoms with Gasteiger partial charge in [-0.2, -0.15) is 52.7 Å². The highest BCUT2D eigenvalue weighted by Crippen LogP contribution is 2.56. The average molecular weight is 1190 g/mol. The summed E-state index contributed by atoms with van der Waals surface area (Å²) in [6.45, 7) is -0.534. The van der Waals surface area contributed by atoms with E-state index in [2.05, 4.69) is 0 Å². The molecular formula is C60H48F12N2O8S. The molecule has 436 valence electrons. The van der Waals surface area contributed by atoms with Crippen LogP contribution >= 0.6 is 11.8 Å². The Hall–Kier alpha value is -8.21. The zero-order chi connectivity index (χ0) is 60.3. The maximum absolute atomic E-state index is 15.9. The number of rotatable bonds is 14. The summed E-state index contributed by atoms with van der Waals surface area (Å²) in [5, 5.41) is 20.4. The van der Waals surface area contributed by atoms with Crippen molar-refractivity contribution in [2.75, 3.05) is 27.3 Å². The monoisotopic (exact) mass is 1180 g/mol. The zero-order valence-corrected chi connectivity index (χ0v) is 44.4. The molecule has 2 amide bonds. The SMILES string of the molecule is COc1ccccc1-c1cc(Sc2cc(-c3ccccc3OC)c(/C=C/C(=O)N3CCC(c4ccccc4)CC3C(=O)O)c(C(F)(F)F)c2C(F)(F)F)c(C(F)(F)F)c(C(F)(F)F)c1/C=C/C(=O)N1CCC(c2ccccc2)CC1C(=O)O. The van der Waals surface area contributed by atoms with E-state index in [0.29, 0.717) is 36.4 Å². The van der Waals surface area contributed by atoms with Crippen molar-refractivity contribution in [2.24, 2.45) is 0 Å². The van der Waals surface area contributed by atoms with Crippen molar-refractivity contribution in [2.45, 2.75) is 84.1 Å². The number of methoxy groups -OCH3 is 2. The van der Waals surface area contributed by atoms with E-state index in [0.717, 1.165) is 47.3 Å². The number of alkyl halides is 12. The van der Waals surface area contributed by atoms with E-state index in [4.69, 9.17) is 9.47 Å². The average Bonchev–Trinajstić information content (AvgIpc) is 3.42. The van der Waals surface area contributed by atoms with Crippen LogP contribution in [0.1, 0.15) is 82.0 Å². The molecular weight excluding hydrogens is 1140 g/mol. The number of ether oxygens (including phenoxy) is 2. The number of hydrogen-bond donors (Lipinski definition) is 2. The number of carbonyl (C=O) groups excluding carboxylic acids is 2. The van der Waals surface area contributed by atoms with Gasteiger partial charge in [0.25, 0.3) is 0 Å². The molecule has 6 aromatic rings. The highest BCUT2D eigenvalue weighted by Gasteiger charge is 2.51. The van der Waals surface area contributed by atoms with Crippen LogP contribution in [0, 0.1) is 0 Å². The molecule has 83 heavy (non-hydrogen) atoms. The molecule has 4 unspecified atom stereocenters. The van der Waals surface area contributed by atoms with Crippen LogP contribution in [0.15, 0.2) is 143 Å². The fourth-order valence-electron chi connectivity index (χ4n) is 10.8. The molecule has 0 spiro atoms. The summed E-state index contributed by atoms with van der Waals surface area (Å²) in [4.78, 5) is 51.3. The summed E-state index contributed by atoms with van der Waals surface area (Å²) in [5.74, 6) is -6.89. The molecule has 0 saturated carbocycles. The van der Waals surface area contributed by atoms with Gasteiger partial charge in [0.05, 0.1) is 36.5 Å². The predicted octanol–water partition coefficient (Wildman–Crippen LogP) is 15.0. The summed E-state index contributed by atoms with van der Waals surface area (Å²) >= 11 is -0.736. The van der Waals surface area contributed by atoms with Crippen molar-refractivity contribution >= 4 is 47.7 Å². The third kappa shape index (κ3) is 13.2. The Morgan fingerprint density at radius 1 is 0.482 bits per heavy atom. The summed E-state index contributed by atoms with van der Waals surface area (Å²) < 4.78 is 201. The molecule has 0 aliphatic carbocycles. The summed E-state index contributed by atoms with van der Waals surface area (Å²) in [6, 6.07) is 24.3. The minimum Gasteiger partial charge on any atom is -0.496 e. The number of hydrogen-bond acceptors (Lipinski definition) is 7. The minimum absolute atomic E-state index is 0.158. The van der Waals surface area contributed by atoms with Crippen molar-refractivity contribution in [3.63, 3.8) is 0 Å². The van der Waals surface area contributed by atoms with E-state index in [1.165, 1.54) is 36.4 Å². The second-order valence-electron chi connectivity index (χ2n) is 19.4. The largest absolute Gasteiger partial charge is 0.496 e. The molecule has 0 radical (unpaired) electrons. The molecule has 2 heterocycles. The first-order valence-corrected chi connectivity index (χ1v) is 26.1. The molecule has 10 nitrogen and oxygen atoms in total. The van der Waals surface area contributed by atoms with Gasteiger partial charge in [-0.1, -0.05) is 109 Å². The third-order valence-electron chi connectivity index (χ3n) is 14.5. The number of carboxylic acid groups (broad SMARTS) is 2. The lowest BCUT2D eigenvalue weighted by Gasteiger charge is -2.37. The first kappa shape index (κ1) is 60.9. The normalized spacial score (nSPS) is 18.1. The van der Waals surface area contributed by atoms with Crippen molar-refractivity contribution in [1.82, 2.24) is 9.80 Å². The second kappa shape index (κ2) is 24.3. The lowest BCUT2D eigenvalue weighted by molar-refractivity contribution is -0.164. The zero-order valence-electron chi connectivity index (χ0n) is 43.6. The quantitative estimate of drug-likeness (QED) is 0.0808. The predicted molar refractivity (Wildman–Crippen MR) is 282 cm³/mol. The summed E-state index contributed by atoms with van der Waals surface area (Å²) in [7, 11) is 2.06. The third-order valence-corrected chi connectivity index (χ3v) is 15.6. The van der Waals surface area contributed by atoms with E-state index in [-0.39, 0.29) is 50.3 Å². The van der Waals surface area contributed by atoms with Crippen LogP contribution in [0.3, 0.4) is 0 Å². The number of aliphatic carboxylic acids is 2. The van der Waals surface area contributed by atoms with Gasteiger partial charge in [0.15, 0.2) is 0 Å². The number of likely N-dealkylation sites (tertiary alicyclic amines) is 2. The molecule has 23 heteroatoms. The Labute approximate surface area is 470 Å². The molecule has 2 fully saturated rings. The van der Waals surface area contributed by atoms with Gasteiger partial charge >= 0.3 is 36.6 Å². The van der Waals surface area contributed by atoms with Gasteiger partial charge in [-0.05, 0) is 107 Å². The number of amides is 2. The molecule has 6 aromatic carbocycles. The number of nitrogens with zero attached hydrogens (tertiary/aromatic N) is 2. The first-order valence-electron chi connectivity index (χ1n) is 25.3. The molecule has 4 atom stereocenters. The number of para-hydroxylation sites is 2. The van der Waals surface area contributed by atoms with Crippen LogP contribution in [0.2, 0.25) is 0 Å². The molecule has 2 saturated heterocycles. The van der Waals surface area contributed by atoms with E-state index in [1.807, 2.05) is 0 Å². The van der Waals surface area contributed by atoms with Crippen LogP contribution in [-0.4, -0.2) is 83.2 Å². The van der Waals surface area contributed by atoms with E-state index in [1.54, 1.807) is 60.7 Å². The van der Waals surface area contributed by atoms with Gasteiger partial charge in [-0.3, -0.25) is 9.59 Å². The number of carbonyl (C=O) groups is 4. The lowest BCUT2D eigenvalue weighted by atomic mass is 9.85. The summed E-state index contributed by atoms with van der Waals surface area (Å²) in [5.41, 5.74) is -14.5. The first-order chi connectivity index (χ1) is 39.1. The highest BCUT2D eigenvalue weighted by atomic mass is 32.2. The number of halogens is 12. The summed E-state index contributed by atoms with van der Waals surface area (Å²) in [6.07, 6.45) is -23.0. The Morgan fingerprint density at radius 2 is 0.807 bits per heavy atom. The van der Waals surface area contributed by atoms with E-state index >= 15 is 52.7 Å². The molecule has 8 rings (SSSR count). The van der Waals surface area contributed by atoms with Crippen LogP contribution in [0.4, 0.5) is 52.7 Å².